The molecule has 4 aliphatic heterocycles. The molecule has 0 bridgehead atoms. The summed E-state index contributed by atoms with van der Waals surface area (Å²) in [5.74, 6) is 1.58. The minimum atomic E-state index is -0.852. The Balaban J connectivity index is 1.06. The van der Waals surface area contributed by atoms with E-state index in [9.17, 15) is 14.7 Å². The molecule has 6 rings (SSSR count). The molecule has 0 aliphatic carbocycles. The third-order valence-corrected chi connectivity index (χ3v) is 9.15. The van der Waals surface area contributed by atoms with Crippen molar-refractivity contribution in [2.75, 3.05) is 25.2 Å². The van der Waals surface area contributed by atoms with Crippen LogP contribution < -0.4 is 19.1 Å². The number of benzene rings is 2. The normalized spacial score (nSPS) is 21.7. The van der Waals surface area contributed by atoms with Gasteiger partial charge in [0.15, 0.2) is 11.5 Å². The molecular weight excluding hydrogens is 584 g/mol. The third kappa shape index (κ3) is 5.86. The number of anilines is 1. The van der Waals surface area contributed by atoms with Gasteiger partial charge in [-0.3, -0.25) is 14.6 Å². The number of unbranched alkanes of at least 4 members (excludes halogenated alkanes) is 2. The largest absolute Gasteiger partial charge is 0.493 e. The maximum atomic E-state index is 13.6. The summed E-state index contributed by atoms with van der Waals surface area (Å²) in [6.07, 6.45) is 8.72. The Bertz CT molecular complexity index is 1630. The lowest BCUT2D eigenvalue weighted by molar-refractivity contribution is 0.0560. The predicted molar refractivity (Wildman–Crippen MR) is 177 cm³/mol. The molecule has 2 aromatic rings. The van der Waals surface area contributed by atoms with E-state index in [2.05, 4.69) is 4.99 Å². The summed E-state index contributed by atoms with van der Waals surface area (Å²) in [4.78, 5) is 36.7. The number of fused-ring (bicyclic) bond motifs is 4. The first-order valence-electron chi connectivity index (χ1n) is 16.2. The van der Waals surface area contributed by atoms with Crippen molar-refractivity contribution in [2.45, 2.75) is 91.1 Å². The van der Waals surface area contributed by atoms with Gasteiger partial charge >= 0.3 is 0 Å². The van der Waals surface area contributed by atoms with Crippen LogP contribution in [0.1, 0.15) is 86.1 Å². The number of aryl methyl sites for hydroxylation is 1. The smallest absolute Gasteiger partial charge is 0.260 e. The van der Waals surface area contributed by atoms with E-state index in [4.69, 9.17) is 14.2 Å². The molecule has 46 heavy (non-hydrogen) atoms. The predicted octanol–water partition coefficient (Wildman–Crippen LogP) is 6.13. The van der Waals surface area contributed by atoms with Gasteiger partial charge in [0.05, 0.1) is 54.9 Å². The van der Waals surface area contributed by atoms with E-state index < -0.39 is 6.23 Å². The Morgan fingerprint density at radius 1 is 0.848 bits per heavy atom. The van der Waals surface area contributed by atoms with Crippen molar-refractivity contribution in [2.24, 2.45) is 4.99 Å². The molecule has 1 unspecified atom stereocenters. The van der Waals surface area contributed by atoms with Gasteiger partial charge in [0, 0.05) is 36.8 Å². The fourth-order valence-corrected chi connectivity index (χ4v) is 6.84. The molecule has 0 spiro atoms. The lowest BCUT2D eigenvalue weighted by Crippen LogP contribution is -2.50. The topological polar surface area (TPSA) is 104 Å². The highest BCUT2D eigenvalue weighted by Gasteiger charge is 2.43. The first-order valence-corrected chi connectivity index (χ1v) is 16.2. The van der Waals surface area contributed by atoms with Crippen molar-refractivity contribution in [1.29, 1.82) is 0 Å². The Morgan fingerprint density at radius 3 is 2.24 bits per heavy atom. The molecule has 10 nitrogen and oxygen atoms in total. The lowest BCUT2D eigenvalue weighted by Gasteiger charge is -2.36. The van der Waals surface area contributed by atoms with E-state index in [1.165, 1.54) is 5.57 Å². The number of carbonyl (C=O) groups is 2. The summed E-state index contributed by atoms with van der Waals surface area (Å²) in [7, 11) is 1.57. The van der Waals surface area contributed by atoms with E-state index in [1.807, 2.05) is 76.3 Å². The van der Waals surface area contributed by atoms with Gasteiger partial charge in [-0.15, -0.1) is 0 Å². The fourth-order valence-electron chi connectivity index (χ4n) is 6.84. The van der Waals surface area contributed by atoms with E-state index in [-0.39, 0.29) is 29.9 Å². The lowest BCUT2D eigenvalue weighted by atomic mass is 10.1. The van der Waals surface area contributed by atoms with E-state index >= 15 is 0 Å². The number of carbonyl (C=O) groups excluding carboxylic acids is 2. The number of aliphatic imine (C=N–C) groups is 1. The average molecular weight is 629 g/mol. The zero-order valence-corrected chi connectivity index (χ0v) is 27.6. The minimum absolute atomic E-state index is 0.0256. The van der Waals surface area contributed by atoms with Crippen LogP contribution in [0, 0.1) is 6.92 Å². The number of hydrogen-bond donors (Lipinski definition) is 1. The number of hydrogen-bond acceptors (Lipinski definition) is 8. The van der Waals surface area contributed by atoms with Crippen LogP contribution in [0.4, 0.5) is 11.4 Å². The second-order valence-electron chi connectivity index (χ2n) is 13.0. The van der Waals surface area contributed by atoms with Crippen LogP contribution in [0.15, 0.2) is 52.8 Å². The van der Waals surface area contributed by atoms with Crippen LogP contribution in [0.5, 0.6) is 17.2 Å². The van der Waals surface area contributed by atoms with Gasteiger partial charge in [0.1, 0.15) is 12.0 Å². The molecule has 0 radical (unpaired) electrons. The first kappa shape index (κ1) is 31.7. The summed E-state index contributed by atoms with van der Waals surface area (Å²) >= 11 is 0. The molecule has 244 valence electrons. The third-order valence-electron chi connectivity index (χ3n) is 9.15. The zero-order valence-electron chi connectivity index (χ0n) is 27.6. The number of rotatable bonds is 10. The zero-order chi connectivity index (χ0) is 32.7. The van der Waals surface area contributed by atoms with Crippen LogP contribution in [0.2, 0.25) is 0 Å². The molecule has 0 saturated heterocycles. The SMILES string of the molecule is COc1cc2c(cc1OCCCCCOc1cc3c(cc1C)C(=O)N1C=C(C)C[C@H]1C=N3)N(C(C)C)C(O)[C@@H]1CC(C)=CN1C2=O. The summed E-state index contributed by atoms with van der Waals surface area (Å²) in [6.45, 7) is 11.0. The van der Waals surface area contributed by atoms with Crippen molar-refractivity contribution in [3.8, 4) is 17.2 Å². The van der Waals surface area contributed by atoms with Crippen LogP contribution in [-0.2, 0) is 0 Å². The number of aliphatic hydroxyl groups excluding tert-OH is 1. The Hall–Kier alpha value is -4.31. The molecule has 0 fully saturated rings. The first-order chi connectivity index (χ1) is 22.1. The quantitative estimate of drug-likeness (QED) is 0.316. The van der Waals surface area contributed by atoms with Crippen LogP contribution in [0.25, 0.3) is 0 Å². The van der Waals surface area contributed by atoms with Gasteiger partial charge in [0.25, 0.3) is 11.8 Å². The van der Waals surface area contributed by atoms with Crippen molar-refractivity contribution >= 4 is 29.4 Å². The Labute approximate surface area is 270 Å². The molecule has 2 amide bonds. The second kappa shape index (κ2) is 12.8. The fraction of sp³-hybridized carbons (Fsp3) is 0.472. The maximum absolute atomic E-state index is 13.6. The molecule has 4 heterocycles. The van der Waals surface area contributed by atoms with Crippen molar-refractivity contribution in [3.63, 3.8) is 0 Å². The van der Waals surface area contributed by atoms with Gasteiger partial charge in [0.2, 0.25) is 0 Å². The highest BCUT2D eigenvalue weighted by atomic mass is 16.5. The number of methoxy groups -OCH3 is 1. The number of ether oxygens (including phenoxy) is 3. The molecule has 4 aliphatic rings. The van der Waals surface area contributed by atoms with Crippen molar-refractivity contribution < 1.29 is 28.9 Å². The van der Waals surface area contributed by atoms with Gasteiger partial charge in [-0.1, -0.05) is 11.1 Å². The van der Waals surface area contributed by atoms with Gasteiger partial charge in [-0.2, -0.15) is 0 Å². The van der Waals surface area contributed by atoms with Crippen LogP contribution in [-0.4, -0.2) is 77.6 Å². The number of amides is 2. The Kier molecular flexibility index (Phi) is 8.83. The number of nitrogens with zero attached hydrogens (tertiary/aromatic N) is 4. The molecule has 1 N–H and O–H groups in total. The molecule has 10 heteroatoms. The molecule has 2 aromatic carbocycles. The van der Waals surface area contributed by atoms with Crippen molar-refractivity contribution in [3.05, 3.63) is 64.5 Å². The van der Waals surface area contributed by atoms with Crippen LogP contribution in [0.3, 0.4) is 0 Å². The van der Waals surface area contributed by atoms with Crippen molar-refractivity contribution in [1.82, 2.24) is 9.80 Å². The van der Waals surface area contributed by atoms with Crippen LogP contribution >= 0.6 is 0 Å². The number of aliphatic hydroxyl groups is 1. The Morgan fingerprint density at radius 2 is 1.52 bits per heavy atom. The summed E-state index contributed by atoms with van der Waals surface area (Å²) in [5, 5.41) is 11.4. The second-order valence-corrected chi connectivity index (χ2v) is 13.0. The molecule has 0 aromatic heterocycles. The summed E-state index contributed by atoms with van der Waals surface area (Å²) in [6, 6.07) is 6.89. The average Bonchev–Trinajstić information content (AvgIpc) is 3.56. The molecular formula is C36H44N4O6. The minimum Gasteiger partial charge on any atom is -0.493 e. The molecule has 3 atom stereocenters. The highest BCUT2D eigenvalue weighted by Crippen LogP contribution is 2.42. The molecule has 0 saturated carbocycles. The van der Waals surface area contributed by atoms with E-state index in [0.717, 1.165) is 42.6 Å². The summed E-state index contributed by atoms with van der Waals surface area (Å²) < 4.78 is 17.9. The summed E-state index contributed by atoms with van der Waals surface area (Å²) in [5.41, 5.74) is 5.52. The van der Waals surface area contributed by atoms with E-state index in [0.29, 0.717) is 53.6 Å². The monoisotopic (exact) mass is 628 g/mol. The van der Waals surface area contributed by atoms with E-state index in [1.54, 1.807) is 23.0 Å². The van der Waals surface area contributed by atoms with Gasteiger partial charge in [-0.25, -0.2) is 0 Å². The highest BCUT2D eigenvalue weighted by molar-refractivity contribution is 6.04. The van der Waals surface area contributed by atoms with Gasteiger partial charge < -0.3 is 34.0 Å². The standard InChI is InChI=1S/C36H44N4O6/c1-21(2)40-29-17-33(32(44-6)15-27(29)35(42)39-20-23(4)13-30(39)36(40)43)46-11-9-7-8-10-45-31-16-28-26(14-24(31)5)34(41)38-19-22(3)12-25(38)18-37-28/h14-21,25,30,36,43H,7-13H2,1-6H3/t25-,30-,36?/m0/s1. The van der Waals surface area contributed by atoms with Gasteiger partial charge in [-0.05, 0) is 84.4 Å². The maximum Gasteiger partial charge on any atom is 0.260 e.